The van der Waals surface area contributed by atoms with Crippen molar-refractivity contribution >= 4 is 21.7 Å². The Bertz CT molecular complexity index is 643. The number of carbonyl (C=O) groups excluding carboxylic acids is 1. The summed E-state index contributed by atoms with van der Waals surface area (Å²) in [7, 11) is -3.78. The van der Waals surface area contributed by atoms with Crippen LogP contribution < -0.4 is 10.5 Å². The van der Waals surface area contributed by atoms with Crippen molar-refractivity contribution in [1.29, 1.82) is 0 Å². The number of urea groups is 1. The Morgan fingerprint density at radius 2 is 2.14 bits per heavy atom. The Labute approximate surface area is 125 Å². The number of nitrogens with zero attached hydrogens (tertiary/aromatic N) is 1. The minimum Gasteiger partial charge on any atom is -0.324 e. The van der Waals surface area contributed by atoms with Gasteiger partial charge in [0.15, 0.2) is 0 Å². The molecule has 0 radical (unpaired) electrons. The number of hydrogen-bond acceptors (Lipinski definition) is 3. The molecular weight excluding hydrogens is 290 g/mol. The van der Waals surface area contributed by atoms with Crippen LogP contribution in [0.5, 0.6) is 0 Å². The summed E-state index contributed by atoms with van der Waals surface area (Å²) in [5, 5.41) is 7.90. The number of benzene rings is 1. The van der Waals surface area contributed by atoms with Gasteiger partial charge in [-0.15, -0.1) is 0 Å². The maximum Gasteiger partial charge on any atom is 0.321 e. The van der Waals surface area contributed by atoms with Crippen LogP contribution in [-0.2, 0) is 10.0 Å². The summed E-state index contributed by atoms with van der Waals surface area (Å²) in [5.74, 6) is 0.487. The molecule has 0 aliphatic carbocycles. The lowest BCUT2D eigenvalue weighted by atomic mass is 10.0. The highest BCUT2D eigenvalue weighted by atomic mass is 32.2. The van der Waals surface area contributed by atoms with Gasteiger partial charge in [0.2, 0.25) is 10.0 Å². The van der Waals surface area contributed by atoms with Gasteiger partial charge in [0, 0.05) is 18.8 Å². The van der Waals surface area contributed by atoms with Crippen LogP contribution >= 0.6 is 0 Å². The van der Waals surface area contributed by atoms with Crippen LogP contribution in [0.4, 0.5) is 10.5 Å². The number of likely N-dealkylation sites (tertiary alicyclic amines) is 1. The Morgan fingerprint density at radius 1 is 1.43 bits per heavy atom. The fourth-order valence-electron chi connectivity index (χ4n) is 2.48. The van der Waals surface area contributed by atoms with Crippen LogP contribution in [0.2, 0.25) is 0 Å². The molecule has 1 atom stereocenters. The van der Waals surface area contributed by atoms with Crippen LogP contribution in [0.3, 0.4) is 0 Å². The van der Waals surface area contributed by atoms with Crippen LogP contribution in [0.15, 0.2) is 23.1 Å². The number of aryl methyl sites for hydroxylation is 1. The number of anilines is 1. The molecule has 1 aliphatic rings. The highest BCUT2D eigenvalue weighted by Crippen LogP contribution is 2.21. The van der Waals surface area contributed by atoms with Crippen molar-refractivity contribution in [2.24, 2.45) is 11.1 Å². The standard InChI is InChI=1S/C14H21N3O3S/c1-10-4-3-7-17(9-10)14(18)16-13-8-12(21(15,19)20)6-5-11(13)2/h5-6,8,10H,3-4,7,9H2,1-2H3,(H,16,18)(H2,15,19,20). The van der Waals surface area contributed by atoms with E-state index in [1.807, 2.05) is 0 Å². The second kappa shape index (κ2) is 6.03. The number of nitrogens with two attached hydrogens (primary N) is 1. The van der Waals surface area contributed by atoms with E-state index in [0.29, 0.717) is 11.6 Å². The molecule has 0 bridgehead atoms. The van der Waals surface area contributed by atoms with Crippen molar-refractivity contribution in [2.45, 2.75) is 31.6 Å². The van der Waals surface area contributed by atoms with E-state index in [2.05, 4.69) is 12.2 Å². The Hall–Kier alpha value is -1.60. The summed E-state index contributed by atoms with van der Waals surface area (Å²) in [6.45, 7) is 5.37. The van der Waals surface area contributed by atoms with Crippen LogP contribution in [0.1, 0.15) is 25.3 Å². The Balaban J connectivity index is 2.17. The van der Waals surface area contributed by atoms with Gasteiger partial charge < -0.3 is 10.2 Å². The first-order valence-electron chi connectivity index (χ1n) is 6.97. The second-order valence-corrected chi connectivity index (χ2v) is 7.21. The predicted octanol–water partition coefficient (Wildman–Crippen LogP) is 1.91. The average Bonchev–Trinajstić information content (AvgIpc) is 2.40. The van der Waals surface area contributed by atoms with Gasteiger partial charge in [-0.05, 0) is 43.4 Å². The van der Waals surface area contributed by atoms with E-state index in [-0.39, 0.29) is 10.9 Å². The number of amides is 2. The summed E-state index contributed by atoms with van der Waals surface area (Å²) in [5.41, 5.74) is 1.27. The molecular formula is C14H21N3O3S. The maximum absolute atomic E-state index is 12.3. The van der Waals surface area contributed by atoms with E-state index in [9.17, 15) is 13.2 Å². The van der Waals surface area contributed by atoms with Crippen molar-refractivity contribution in [3.8, 4) is 0 Å². The smallest absolute Gasteiger partial charge is 0.321 e. The zero-order valence-electron chi connectivity index (χ0n) is 12.3. The number of primary sulfonamides is 1. The van der Waals surface area contributed by atoms with Crippen molar-refractivity contribution in [3.63, 3.8) is 0 Å². The quantitative estimate of drug-likeness (QED) is 0.873. The number of sulfonamides is 1. The van der Waals surface area contributed by atoms with E-state index in [1.54, 1.807) is 17.9 Å². The predicted molar refractivity (Wildman–Crippen MR) is 81.5 cm³/mol. The second-order valence-electron chi connectivity index (χ2n) is 5.65. The van der Waals surface area contributed by atoms with Crippen molar-refractivity contribution in [2.75, 3.05) is 18.4 Å². The Morgan fingerprint density at radius 3 is 2.76 bits per heavy atom. The fourth-order valence-corrected chi connectivity index (χ4v) is 3.02. The number of nitrogens with one attached hydrogen (secondary N) is 1. The zero-order chi connectivity index (χ0) is 15.6. The monoisotopic (exact) mass is 311 g/mol. The summed E-state index contributed by atoms with van der Waals surface area (Å²) >= 11 is 0. The molecule has 2 rings (SSSR count). The molecule has 1 aliphatic heterocycles. The van der Waals surface area contributed by atoms with Crippen molar-refractivity contribution in [3.05, 3.63) is 23.8 Å². The minimum absolute atomic E-state index is 0.00425. The topological polar surface area (TPSA) is 92.5 Å². The van der Waals surface area contributed by atoms with Gasteiger partial charge in [-0.1, -0.05) is 13.0 Å². The van der Waals surface area contributed by atoms with E-state index >= 15 is 0 Å². The molecule has 7 heteroatoms. The molecule has 0 saturated carbocycles. The van der Waals surface area contributed by atoms with Crippen molar-refractivity contribution < 1.29 is 13.2 Å². The minimum atomic E-state index is -3.78. The molecule has 1 aromatic carbocycles. The van der Waals surface area contributed by atoms with Gasteiger partial charge in [-0.3, -0.25) is 0 Å². The lowest BCUT2D eigenvalue weighted by Crippen LogP contribution is -2.41. The Kier molecular flexibility index (Phi) is 4.53. The van der Waals surface area contributed by atoms with E-state index in [4.69, 9.17) is 5.14 Å². The van der Waals surface area contributed by atoms with Gasteiger partial charge in [-0.25, -0.2) is 18.4 Å². The third-order valence-corrected chi connectivity index (χ3v) is 4.63. The molecule has 116 valence electrons. The number of piperidine rings is 1. The molecule has 1 heterocycles. The molecule has 6 nitrogen and oxygen atoms in total. The number of rotatable bonds is 2. The third-order valence-electron chi connectivity index (χ3n) is 3.72. The molecule has 2 amide bonds. The lowest BCUT2D eigenvalue weighted by Gasteiger charge is -2.31. The molecule has 0 aromatic heterocycles. The van der Waals surface area contributed by atoms with Crippen molar-refractivity contribution in [1.82, 2.24) is 4.90 Å². The van der Waals surface area contributed by atoms with E-state index < -0.39 is 10.0 Å². The van der Waals surface area contributed by atoms with Gasteiger partial charge in [0.1, 0.15) is 0 Å². The highest BCUT2D eigenvalue weighted by Gasteiger charge is 2.21. The number of hydrogen-bond donors (Lipinski definition) is 2. The third kappa shape index (κ3) is 3.95. The molecule has 1 saturated heterocycles. The van der Waals surface area contributed by atoms with Gasteiger partial charge in [0.05, 0.1) is 4.90 Å². The highest BCUT2D eigenvalue weighted by molar-refractivity contribution is 7.89. The molecule has 1 aromatic rings. The average molecular weight is 311 g/mol. The molecule has 1 unspecified atom stereocenters. The lowest BCUT2D eigenvalue weighted by molar-refractivity contribution is 0.182. The first-order valence-corrected chi connectivity index (χ1v) is 8.51. The van der Waals surface area contributed by atoms with Crippen LogP contribution in [0, 0.1) is 12.8 Å². The summed E-state index contributed by atoms with van der Waals surface area (Å²) in [6.07, 6.45) is 2.12. The van der Waals surface area contributed by atoms with E-state index in [1.165, 1.54) is 12.1 Å². The number of carbonyl (C=O) groups is 1. The van der Waals surface area contributed by atoms with Crippen LogP contribution in [0.25, 0.3) is 0 Å². The van der Waals surface area contributed by atoms with Gasteiger partial charge in [0.25, 0.3) is 0 Å². The normalized spacial score (nSPS) is 19.4. The molecule has 3 N–H and O–H groups in total. The first-order chi connectivity index (χ1) is 9.77. The van der Waals surface area contributed by atoms with Gasteiger partial charge >= 0.3 is 6.03 Å². The van der Waals surface area contributed by atoms with Crippen LogP contribution in [-0.4, -0.2) is 32.4 Å². The summed E-state index contributed by atoms with van der Waals surface area (Å²) in [6, 6.07) is 4.27. The fraction of sp³-hybridized carbons (Fsp3) is 0.500. The summed E-state index contributed by atoms with van der Waals surface area (Å²) in [4.78, 5) is 14.0. The zero-order valence-corrected chi connectivity index (χ0v) is 13.1. The van der Waals surface area contributed by atoms with Gasteiger partial charge in [-0.2, -0.15) is 0 Å². The molecule has 21 heavy (non-hydrogen) atoms. The first kappa shape index (κ1) is 15.8. The maximum atomic E-state index is 12.3. The summed E-state index contributed by atoms with van der Waals surface area (Å²) < 4.78 is 22.8. The SMILES string of the molecule is Cc1ccc(S(N)(=O)=O)cc1NC(=O)N1CCCC(C)C1. The van der Waals surface area contributed by atoms with E-state index in [0.717, 1.165) is 31.5 Å². The largest absolute Gasteiger partial charge is 0.324 e. The molecule has 0 spiro atoms. The molecule has 1 fully saturated rings.